The van der Waals surface area contributed by atoms with Crippen molar-refractivity contribution in [3.05, 3.63) is 92.6 Å². The number of ether oxygens (including phenoxy) is 1. The predicted molar refractivity (Wildman–Crippen MR) is 112 cm³/mol. The molecule has 0 aliphatic carbocycles. The van der Waals surface area contributed by atoms with Gasteiger partial charge in [0.1, 0.15) is 5.75 Å². The van der Waals surface area contributed by atoms with Crippen molar-refractivity contribution in [2.24, 2.45) is 5.10 Å². The van der Waals surface area contributed by atoms with Crippen LogP contribution in [0.3, 0.4) is 0 Å². The highest BCUT2D eigenvalue weighted by Crippen LogP contribution is 2.48. The van der Waals surface area contributed by atoms with Crippen LogP contribution in [0.15, 0.2) is 81.0 Å². The Hall–Kier alpha value is -2.18. The number of hydrazone groups is 1. The summed E-state index contributed by atoms with van der Waals surface area (Å²) in [7, 11) is 0. The van der Waals surface area contributed by atoms with Gasteiger partial charge in [0.2, 0.25) is 6.23 Å². The minimum Gasteiger partial charge on any atom is -0.464 e. The number of pyridine rings is 1. The lowest BCUT2D eigenvalue weighted by Crippen LogP contribution is -2.33. The SMILES string of the molecule is Brc1ccc(C2=NN3C(C2)c2cc(Br)ccc2OC3c2ccncc2)cc1. The molecule has 27 heavy (non-hydrogen) atoms. The molecule has 2 aliphatic rings. The van der Waals surface area contributed by atoms with Crippen molar-refractivity contribution < 1.29 is 4.74 Å². The third-order valence-electron chi connectivity index (χ3n) is 4.92. The Bertz CT molecular complexity index is 1020. The second kappa shape index (κ2) is 6.77. The summed E-state index contributed by atoms with van der Waals surface area (Å²) in [5, 5.41) is 7.06. The Kier molecular flexibility index (Phi) is 4.25. The normalized spacial score (nSPS) is 20.5. The highest BCUT2D eigenvalue weighted by Gasteiger charge is 2.41. The van der Waals surface area contributed by atoms with Crippen LogP contribution in [0.5, 0.6) is 5.75 Å². The molecule has 0 fully saturated rings. The molecule has 2 unspecified atom stereocenters. The van der Waals surface area contributed by atoms with Gasteiger partial charge in [0.15, 0.2) is 0 Å². The quantitative estimate of drug-likeness (QED) is 0.458. The molecule has 2 aliphatic heterocycles. The van der Waals surface area contributed by atoms with E-state index in [0.717, 1.165) is 43.5 Å². The fraction of sp³-hybridized carbons (Fsp3) is 0.143. The molecule has 3 heterocycles. The van der Waals surface area contributed by atoms with Crippen molar-refractivity contribution in [2.45, 2.75) is 18.7 Å². The van der Waals surface area contributed by atoms with Crippen molar-refractivity contribution in [2.75, 3.05) is 0 Å². The van der Waals surface area contributed by atoms with Gasteiger partial charge in [-0.25, -0.2) is 5.01 Å². The zero-order valence-electron chi connectivity index (χ0n) is 14.2. The molecule has 6 heteroatoms. The van der Waals surface area contributed by atoms with Gasteiger partial charge in [-0.15, -0.1) is 0 Å². The molecule has 0 N–H and O–H groups in total. The summed E-state index contributed by atoms with van der Waals surface area (Å²) in [4.78, 5) is 4.13. The lowest BCUT2D eigenvalue weighted by atomic mass is 9.96. The number of rotatable bonds is 2. The molecule has 0 bridgehead atoms. The molecule has 4 nitrogen and oxygen atoms in total. The van der Waals surface area contributed by atoms with Gasteiger partial charge in [-0.3, -0.25) is 4.98 Å². The summed E-state index contributed by atoms with van der Waals surface area (Å²) in [6.45, 7) is 0. The first-order valence-corrected chi connectivity index (χ1v) is 10.3. The first-order chi connectivity index (χ1) is 13.2. The Labute approximate surface area is 174 Å². The number of halogens is 2. The van der Waals surface area contributed by atoms with Crippen LogP contribution < -0.4 is 4.74 Å². The molecule has 2 aromatic carbocycles. The molecule has 0 amide bonds. The monoisotopic (exact) mass is 483 g/mol. The first kappa shape index (κ1) is 17.0. The Morgan fingerprint density at radius 3 is 2.44 bits per heavy atom. The van der Waals surface area contributed by atoms with Crippen molar-refractivity contribution in [1.82, 2.24) is 9.99 Å². The molecular formula is C21H15Br2N3O. The van der Waals surface area contributed by atoms with E-state index in [0.29, 0.717) is 0 Å². The zero-order valence-corrected chi connectivity index (χ0v) is 17.4. The Balaban J connectivity index is 1.60. The molecule has 134 valence electrons. The second-order valence-electron chi connectivity index (χ2n) is 6.59. The third kappa shape index (κ3) is 3.07. The highest BCUT2D eigenvalue weighted by molar-refractivity contribution is 9.10. The maximum Gasteiger partial charge on any atom is 0.213 e. The molecular weight excluding hydrogens is 470 g/mol. The fourth-order valence-electron chi connectivity index (χ4n) is 3.62. The van der Waals surface area contributed by atoms with E-state index >= 15 is 0 Å². The minimum absolute atomic E-state index is 0.142. The van der Waals surface area contributed by atoms with Gasteiger partial charge < -0.3 is 4.74 Å². The van der Waals surface area contributed by atoms with Crippen LogP contribution in [0.1, 0.15) is 35.4 Å². The maximum atomic E-state index is 6.35. The van der Waals surface area contributed by atoms with Crippen molar-refractivity contribution in [1.29, 1.82) is 0 Å². The number of benzene rings is 2. The largest absolute Gasteiger partial charge is 0.464 e. The topological polar surface area (TPSA) is 37.7 Å². The summed E-state index contributed by atoms with van der Waals surface area (Å²) in [5.41, 5.74) is 4.41. The van der Waals surface area contributed by atoms with Crippen LogP contribution >= 0.6 is 31.9 Å². The molecule has 0 saturated carbocycles. The number of nitrogens with zero attached hydrogens (tertiary/aromatic N) is 3. The highest BCUT2D eigenvalue weighted by atomic mass is 79.9. The van der Waals surface area contributed by atoms with E-state index in [2.05, 4.69) is 72.2 Å². The van der Waals surface area contributed by atoms with E-state index in [1.165, 1.54) is 0 Å². The molecule has 0 radical (unpaired) electrons. The van der Waals surface area contributed by atoms with Crippen molar-refractivity contribution in [3.63, 3.8) is 0 Å². The lowest BCUT2D eigenvalue weighted by molar-refractivity contribution is -0.0191. The van der Waals surface area contributed by atoms with E-state index in [-0.39, 0.29) is 12.3 Å². The number of fused-ring (bicyclic) bond motifs is 3. The summed E-state index contributed by atoms with van der Waals surface area (Å²) in [5.74, 6) is 0.911. The van der Waals surface area contributed by atoms with Gasteiger partial charge in [-0.1, -0.05) is 44.0 Å². The van der Waals surface area contributed by atoms with Crippen LogP contribution in [-0.4, -0.2) is 15.7 Å². The van der Waals surface area contributed by atoms with Gasteiger partial charge in [-0.05, 0) is 48.0 Å². The van der Waals surface area contributed by atoms with Crippen LogP contribution in [0.4, 0.5) is 0 Å². The molecule has 5 rings (SSSR count). The molecule has 0 spiro atoms. The number of hydrogen-bond acceptors (Lipinski definition) is 4. The molecule has 2 atom stereocenters. The summed E-state index contributed by atoms with van der Waals surface area (Å²) >= 11 is 7.09. The lowest BCUT2D eigenvalue weighted by Gasteiger charge is -2.38. The van der Waals surface area contributed by atoms with E-state index < -0.39 is 0 Å². The van der Waals surface area contributed by atoms with Crippen LogP contribution in [-0.2, 0) is 0 Å². The summed E-state index contributed by atoms with van der Waals surface area (Å²) < 4.78 is 8.46. The number of aromatic nitrogens is 1. The fourth-order valence-corrected chi connectivity index (χ4v) is 4.27. The van der Waals surface area contributed by atoms with Crippen LogP contribution in [0, 0.1) is 0 Å². The van der Waals surface area contributed by atoms with Gasteiger partial charge >= 0.3 is 0 Å². The van der Waals surface area contributed by atoms with E-state index in [1.54, 1.807) is 12.4 Å². The maximum absolute atomic E-state index is 6.35. The minimum atomic E-state index is -0.264. The Morgan fingerprint density at radius 1 is 0.926 bits per heavy atom. The molecule has 1 aromatic heterocycles. The van der Waals surface area contributed by atoms with Gasteiger partial charge in [-0.2, -0.15) is 5.10 Å². The third-order valence-corrected chi connectivity index (χ3v) is 5.94. The second-order valence-corrected chi connectivity index (χ2v) is 8.42. The zero-order chi connectivity index (χ0) is 18.4. The average molecular weight is 485 g/mol. The Morgan fingerprint density at radius 2 is 1.67 bits per heavy atom. The standard InChI is InChI=1S/C21H15Br2N3O/c22-15-3-1-13(2-4-15)18-12-19-17-11-16(23)5-6-20(17)27-21(26(19)25-18)14-7-9-24-10-8-14/h1-11,19,21H,12H2. The van der Waals surface area contributed by atoms with E-state index in [1.807, 2.05) is 24.3 Å². The number of hydrogen-bond donors (Lipinski definition) is 0. The van der Waals surface area contributed by atoms with Crippen molar-refractivity contribution in [3.8, 4) is 5.75 Å². The first-order valence-electron chi connectivity index (χ1n) is 8.67. The van der Waals surface area contributed by atoms with Crippen LogP contribution in [0.25, 0.3) is 0 Å². The van der Waals surface area contributed by atoms with Crippen LogP contribution in [0.2, 0.25) is 0 Å². The predicted octanol–water partition coefficient (Wildman–Crippen LogP) is 5.85. The van der Waals surface area contributed by atoms with Crippen molar-refractivity contribution >= 4 is 37.6 Å². The van der Waals surface area contributed by atoms with E-state index in [9.17, 15) is 0 Å². The summed E-state index contributed by atoms with van der Waals surface area (Å²) in [6, 6.07) is 18.6. The van der Waals surface area contributed by atoms with Gasteiger partial charge in [0.05, 0.1) is 11.8 Å². The molecule has 3 aromatic rings. The average Bonchev–Trinajstić information content (AvgIpc) is 3.14. The summed E-state index contributed by atoms with van der Waals surface area (Å²) in [6.07, 6.45) is 4.16. The van der Waals surface area contributed by atoms with Gasteiger partial charge in [0, 0.05) is 38.9 Å². The smallest absolute Gasteiger partial charge is 0.213 e. The van der Waals surface area contributed by atoms with Gasteiger partial charge in [0.25, 0.3) is 0 Å². The molecule has 0 saturated heterocycles. The van der Waals surface area contributed by atoms with E-state index in [4.69, 9.17) is 9.84 Å².